The van der Waals surface area contributed by atoms with Gasteiger partial charge in [-0.25, -0.2) is 0 Å². The topological polar surface area (TPSA) is 42.4 Å². The largest absolute Gasteiger partial charge is 0.497 e. The minimum Gasteiger partial charge on any atom is -0.497 e. The SMILES string of the molecule is COc1cccc([C@@H]2CCCN2C(=O)CCc2cccnc2)c1. The summed E-state index contributed by atoms with van der Waals surface area (Å²) in [6, 6.07) is 12.2. The van der Waals surface area contributed by atoms with E-state index >= 15 is 0 Å². The van der Waals surface area contributed by atoms with E-state index in [9.17, 15) is 4.79 Å². The second-order valence-corrected chi connectivity index (χ2v) is 5.88. The molecular formula is C19H22N2O2. The van der Waals surface area contributed by atoms with Gasteiger partial charge in [-0.1, -0.05) is 18.2 Å². The number of nitrogens with zero attached hydrogens (tertiary/aromatic N) is 2. The first-order chi connectivity index (χ1) is 11.3. The molecule has 1 aromatic carbocycles. The van der Waals surface area contributed by atoms with Crippen molar-refractivity contribution < 1.29 is 9.53 Å². The van der Waals surface area contributed by atoms with Crippen molar-refractivity contribution >= 4 is 5.91 Å². The van der Waals surface area contributed by atoms with Crippen LogP contribution in [-0.2, 0) is 11.2 Å². The lowest BCUT2D eigenvalue weighted by Crippen LogP contribution is -2.30. The minimum atomic E-state index is 0.173. The van der Waals surface area contributed by atoms with Crippen molar-refractivity contribution in [3.8, 4) is 5.75 Å². The highest BCUT2D eigenvalue weighted by Gasteiger charge is 2.29. The lowest BCUT2D eigenvalue weighted by Gasteiger charge is -2.25. The molecule has 0 radical (unpaired) electrons. The molecule has 1 aromatic heterocycles. The summed E-state index contributed by atoms with van der Waals surface area (Å²) in [5.74, 6) is 1.07. The molecule has 4 nitrogen and oxygen atoms in total. The van der Waals surface area contributed by atoms with Crippen LogP contribution in [0.25, 0.3) is 0 Å². The molecule has 1 atom stereocenters. The number of hydrogen-bond donors (Lipinski definition) is 0. The summed E-state index contributed by atoms with van der Waals surface area (Å²) in [5.41, 5.74) is 2.27. The Hall–Kier alpha value is -2.36. The molecule has 1 aliphatic heterocycles. The summed E-state index contributed by atoms with van der Waals surface area (Å²) in [6.07, 6.45) is 6.94. The molecule has 1 aliphatic rings. The summed E-state index contributed by atoms with van der Waals surface area (Å²) in [4.78, 5) is 18.8. The van der Waals surface area contributed by atoms with E-state index in [1.54, 1.807) is 13.3 Å². The minimum absolute atomic E-state index is 0.173. The molecule has 23 heavy (non-hydrogen) atoms. The number of carbonyl (C=O) groups is 1. The Bertz CT molecular complexity index is 657. The van der Waals surface area contributed by atoms with E-state index in [2.05, 4.69) is 11.1 Å². The number of methoxy groups -OCH3 is 1. The Morgan fingerprint density at radius 3 is 3.04 bits per heavy atom. The molecule has 0 N–H and O–H groups in total. The van der Waals surface area contributed by atoms with Crippen LogP contribution in [0.2, 0.25) is 0 Å². The average Bonchev–Trinajstić information content (AvgIpc) is 3.10. The molecule has 1 amide bonds. The molecule has 2 aromatic rings. The number of aryl methyl sites for hydroxylation is 1. The van der Waals surface area contributed by atoms with Crippen LogP contribution in [0, 0.1) is 0 Å². The van der Waals surface area contributed by atoms with Gasteiger partial charge in [0.25, 0.3) is 0 Å². The summed E-state index contributed by atoms with van der Waals surface area (Å²) >= 11 is 0. The maximum Gasteiger partial charge on any atom is 0.223 e. The molecule has 0 bridgehead atoms. The average molecular weight is 310 g/mol. The van der Waals surface area contributed by atoms with Gasteiger partial charge in [0.2, 0.25) is 5.91 Å². The maximum absolute atomic E-state index is 12.6. The predicted octanol–water partition coefficient (Wildman–Crippen LogP) is 3.39. The number of benzene rings is 1. The van der Waals surface area contributed by atoms with E-state index in [0.29, 0.717) is 6.42 Å². The number of likely N-dealkylation sites (tertiary alicyclic amines) is 1. The van der Waals surface area contributed by atoms with Crippen LogP contribution in [0.5, 0.6) is 5.75 Å². The van der Waals surface area contributed by atoms with Crippen molar-refractivity contribution in [3.05, 3.63) is 59.9 Å². The second kappa shape index (κ2) is 7.27. The fraction of sp³-hybridized carbons (Fsp3) is 0.368. The van der Waals surface area contributed by atoms with Gasteiger partial charge in [0.1, 0.15) is 5.75 Å². The standard InChI is InChI=1S/C19H22N2O2/c1-23-17-7-2-6-16(13-17)18-8-4-12-21(18)19(22)10-9-15-5-3-11-20-14-15/h2-3,5-7,11,13-14,18H,4,8-10,12H2,1H3/t18-/m0/s1. The molecule has 0 unspecified atom stereocenters. The van der Waals surface area contributed by atoms with Crippen molar-refractivity contribution in [3.63, 3.8) is 0 Å². The van der Waals surface area contributed by atoms with Crippen molar-refractivity contribution in [2.75, 3.05) is 13.7 Å². The Morgan fingerprint density at radius 2 is 2.26 bits per heavy atom. The number of pyridine rings is 1. The van der Waals surface area contributed by atoms with Crippen molar-refractivity contribution in [1.29, 1.82) is 0 Å². The van der Waals surface area contributed by atoms with Crippen molar-refractivity contribution in [1.82, 2.24) is 9.88 Å². The Morgan fingerprint density at radius 1 is 1.35 bits per heavy atom. The van der Waals surface area contributed by atoms with Gasteiger partial charge in [-0.15, -0.1) is 0 Å². The monoisotopic (exact) mass is 310 g/mol. The Kier molecular flexibility index (Phi) is 4.91. The van der Waals surface area contributed by atoms with Gasteiger partial charge in [-0.2, -0.15) is 0 Å². The first-order valence-electron chi connectivity index (χ1n) is 8.10. The molecule has 1 saturated heterocycles. The first-order valence-corrected chi connectivity index (χ1v) is 8.10. The van der Waals surface area contributed by atoms with Crippen LogP contribution in [0.4, 0.5) is 0 Å². The zero-order valence-electron chi connectivity index (χ0n) is 13.4. The van der Waals surface area contributed by atoms with Crippen LogP contribution in [-0.4, -0.2) is 29.4 Å². The summed E-state index contributed by atoms with van der Waals surface area (Å²) in [5, 5.41) is 0. The fourth-order valence-corrected chi connectivity index (χ4v) is 3.20. The van der Waals surface area contributed by atoms with E-state index in [-0.39, 0.29) is 11.9 Å². The Labute approximate surface area is 137 Å². The van der Waals surface area contributed by atoms with Gasteiger partial charge in [-0.3, -0.25) is 9.78 Å². The van der Waals surface area contributed by atoms with Crippen molar-refractivity contribution in [2.45, 2.75) is 31.7 Å². The summed E-state index contributed by atoms with van der Waals surface area (Å²) in [6.45, 7) is 0.841. The number of amides is 1. The third kappa shape index (κ3) is 3.70. The van der Waals surface area contributed by atoms with Crippen LogP contribution in [0.15, 0.2) is 48.8 Å². The molecule has 120 valence electrons. The summed E-state index contributed by atoms with van der Waals surface area (Å²) < 4.78 is 5.31. The zero-order valence-corrected chi connectivity index (χ0v) is 13.4. The number of carbonyl (C=O) groups excluding carboxylic acids is 1. The Balaban J connectivity index is 1.67. The highest BCUT2D eigenvalue weighted by Crippen LogP contribution is 2.33. The predicted molar refractivity (Wildman–Crippen MR) is 89.2 cm³/mol. The molecular weight excluding hydrogens is 288 g/mol. The summed E-state index contributed by atoms with van der Waals surface area (Å²) in [7, 11) is 1.67. The number of aromatic nitrogens is 1. The third-order valence-corrected chi connectivity index (χ3v) is 4.40. The number of hydrogen-bond acceptors (Lipinski definition) is 3. The normalized spacial score (nSPS) is 17.3. The van der Waals surface area contributed by atoms with Gasteiger partial charge in [0.15, 0.2) is 0 Å². The third-order valence-electron chi connectivity index (χ3n) is 4.40. The maximum atomic E-state index is 12.6. The van der Waals surface area contributed by atoms with Crippen LogP contribution in [0.1, 0.15) is 36.4 Å². The highest BCUT2D eigenvalue weighted by atomic mass is 16.5. The van der Waals surface area contributed by atoms with Gasteiger partial charge in [0, 0.05) is 25.4 Å². The van der Waals surface area contributed by atoms with Gasteiger partial charge >= 0.3 is 0 Å². The quantitative estimate of drug-likeness (QED) is 0.850. The second-order valence-electron chi connectivity index (χ2n) is 5.88. The van der Waals surface area contributed by atoms with Crippen LogP contribution in [0.3, 0.4) is 0 Å². The number of rotatable bonds is 5. The highest BCUT2D eigenvalue weighted by molar-refractivity contribution is 5.77. The zero-order chi connectivity index (χ0) is 16.1. The van der Waals surface area contributed by atoms with Crippen LogP contribution >= 0.6 is 0 Å². The lowest BCUT2D eigenvalue weighted by atomic mass is 10.0. The molecule has 0 spiro atoms. The molecule has 1 fully saturated rings. The van der Waals surface area contributed by atoms with E-state index in [0.717, 1.165) is 42.7 Å². The smallest absolute Gasteiger partial charge is 0.223 e. The molecule has 0 aliphatic carbocycles. The molecule has 0 saturated carbocycles. The van der Waals surface area contributed by atoms with Crippen molar-refractivity contribution in [2.24, 2.45) is 0 Å². The lowest BCUT2D eigenvalue weighted by molar-refractivity contribution is -0.132. The molecule has 4 heteroatoms. The van der Waals surface area contributed by atoms with Gasteiger partial charge < -0.3 is 9.64 Å². The molecule has 2 heterocycles. The number of ether oxygens (including phenoxy) is 1. The van der Waals surface area contributed by atoms with E-state index in [1.165, 1.54) is 0 Å². The van der Waals surface area contributed by atoms with E-state index in [4.69, 9.17) is 4.74 Å². The van der Waals surface area contributed by atoms with Gasteiger partial charge in [0.05, 0.1) is 13.2 Å². The molecule has 3 rings (SSSR count). The van der Waals surface area contributed by atoms with Gasteiger partial charge in [-0.05, 0) is 48.6 Å². The fourth-order valence-electron chi connectivity index (χ4n) is 3.20. The van der Waals surface area contributed by atoms with Crippen LogP contribution < -0.4 is 4.74 Å². The first kappa shape index (κ1) is 15.5. The van der Waals surface area contributed by atoms with E-state index < -0.39 is 0 Å². The van der Waals surface area contributed by atoms with E-state index in [1.807, 2.05) is 41.4 Å².